The van der Waals surface area contributed by atoms with E-state index in [4.69, 9.17) is 49.4 Å². The molecule has 0 spiro atoms. The van der Waals surface area contributed by atoms with Crippen molar-refractivity contribution in [1.82, 2.24) is 19.2 Å². The fourth-order valence-electron chi connectivity index (χ4n) is 11.0. The summed E-state index contributed by atoms with van der Waals surface area (Å²) in [7, 11) is -8.45. The molecule has 0 bridgehead atoms. The third-order valence-corrected chi connectivity index (χ3v) is 19.9. The van der Waals surface area contributed by atoms with Crippen LogP contribution in [0.3, 0.4) is 0 Å². The van der Waals surface area contributed by atoms with Crippen LogP contribution < -0.4 is 31.6 Å². The fourth-order valence-corrected chi connectivity index (χ4v) is 14.2. The lowest BCUT2D eigenvalue weighted by atomic mass is 10.0. The topological polar surface area (TPSA) is 379 Å². The molecule has 28 nitrogen and oxygen atoms in total. The van der Waals surface area contributed by atoms with Crippen LogP contribution in [-0.4, -0.2) is 155 Å². The lowest BCUT2D eigenvalue weighted by Gasteiger charge is -2.33. The highest BCUT2D eigenvalue weighted by molar-refractivity contribution is 7.89. The molecule has 9 rings (SSSR count). The Kier molecular flexibility index (Phi) is 29.2. The quantitative estimate of drug-likeness (QED) is 0.00741. The predicted molar refractivity (Wildman–Crippen MR) is 379 cm³/mol. The number of carbonyl (C=O) groups excluding carboxylic acids is 4. The summed E-state index contributed by atoms with van der Waals surface area (Å²) in [6, 6.07) is 47.1. The molecule has 0 aromatic heterocycles. The zero-order valence-electron chi connectivity index (χ0n) is 57.4. The predicted octanol–water partition coefficient (Wildman–Crippen LogP) is 9.96. The van der Waals surface area contributed by atoms with Crippen molar-refractivity contribution in [3.05, 3.63) is 231 Å². The molecule has 0 unspecified atom stereocenters. The first kappa shape index (κ1) is 78.6. The second kappa shape index (κ2) is 38.3. The van der Waals surface area contributed by atoms with E-state index in [1.54, 1.807) is 44.2 Å². The fraction of sp³-hybridized carbons (Fsp3) is 0.370. The lowest BCUT2D eigenvalue weighted by Crippen LogP contribution is -2.54. The maximum absolute atomic E-state index is 14.1. The smallest absolute Gasteiger partial charge is 0.489 e. The number of benzene rings is 7. The van der Waals surface area contributed by atoms with Crippen molar-refractivity contribution in [3.8, 4) is 11.5 Å². The molecule has 0 aliphatic carbocycles. The molecule has 550 valence electrons. The minimum absolute atomic E-state index is 0.0311. The first-order chi connectivity index (χ1) is 49.3. The average Bonchev–Trinajstić information content (AvgIpc) is 1.05. The van der Waals surface area contributed by atoms with Crippen molar-refractivity contribution in [2.75, 3.05) is 58.3 Å². The number of anilines is 1. The molecule has 30 heteroatoms. The second-order valence-corrected chi connectivity index (χ2v) is 29.3. The maximum Gasteiger partial charge on any atom is 0.514 e. The van der Waals surface area contributed by atoms with Gasteiger partial charge >= 0.3 is 24.3 Å². The number of nitrogen functional groups attached to an aromatic ring is 1. The Labute approximate surface area is 598 Å². The summed E-state index contributed by atoms with van der Waals surface area (Å²) >= 11 is 0. The normalized spacial score (nSPS) is 15.9. The van der Waals surface area contributed by atoms with E-state index >= 15 is 0 Å². The Morgan fingerprint density at radius 3 is 1.34 bits per heavy atom. The summed E-state index contributed by atoms with van der Waals surface area (Å²) in [5, 5.41) is 27.9. The molecule has 7 atom stereocenters. The number of non-ortho nitro benzene ring substituents is 2. The van der Waals surface area contributed by atoms with Gasteiger partial charge in [0.2, 0.25) is 20.0 Å². The third-order valence-electron chi connectivity index (χ3n) is 16.2. The van der Waals surface area contributed by atoms with Crippen LogP contribution in [0.25, 0.3) is 0 Å². The van der Waals surface area contributed by atoms with Gasteiger partial charge in [0.1, 0.15) is 48.6 Å². The van der Waals surface area contributed by atoms with Crippen molar-refractivity contribution < 1.29 is 83.8 Å². The molecule has 2 fully saturated rings. The average molecular weight is 1460 g/mol. The van der Waals surface area contributed by atoms with E-state index in [2.05, 4.69) is 10.6 Å². The number of hydrogen-bond donors (Lipinski definition) is 4. The van der Waals surface area contributed by atoms with Gasteiger partial charge in [-0.15, -0.1) is 0 Å². The van der Waals surface area contributed by atoms with Crippen LogP contribution in [0.5, 0.6) is 11.5 Å². The van der Waals surface area contributed by atoms with Gasteiger partial charge in [-0.3, -0.25) is 25.0 Å². The number of nitrogens with one attached hydrogen (secondary N) is 2. The Balaban J connectivity index is 0.000000262. The minimum Gasteiger partial charge on any atom is -0.489 e. The van der Waals surface area contributed by atoms with Gasteiger partial charge in [0.25, 0.3) is 11.4 Å². The molecule has 2 saturated heterocycles. The molecule has 7 aromatic rings. The highest BCUT2D eigenvalue weighted by Crippen LogP contribution is 2.27. The van der Waals surface area contributed by atoms with E-state index in [0.717, 1.165) is 57.4 Å². The van der Waals surface area contributed by atoms with Gasteiger partial charge in [0.15, 0.2) is 0 Å². The van der Waals surface area contributed by atoms with E-state index in [9.17, 15) is 56.2 Å². The molecule has 103 heavy (non-hydrogen) atoms. The molecule has 2 heterocycles. The molecule has 2 aliphatic rings. The van der Waals surface area contributed by atoms with Crippen LogP contribution in [0.15, 0.2) is 198 Å². The monoisotopic (exact) mass is 1460 g/mol. The zero-order chi connectivity index (χ0) is 74.1. The van der Waals surface area contributed by atoms with Crippen molar-refractivity contribution in [2.45, 2.75) is 119 Å². The molecule has 2 aliphatic heterocycles. The number of esters is 1. The minimum atomic E-state index is -4.34. The van der Waals surface area contributed by atoms with Crippen molar-refractivity contribution in [2.24, 2.45) is 17.6 Å². The lowest BCUT2D eigenvalue weighted by molar-refractivity contribution is -0.385. The van der Waals surface area contributed by atoms with E-state index in [-0.39, 0.29) is 90.9 Å². The molecule has 7 aromatic carbocycles. The number of sulfonamides is 2. The van der Waals surface area contributed by atoms with E-state index in [0.29, 0.717) is 49.7 Å². The van der Waals surface area contributed by atoms with Crippen LogP contribution >= 0.6 is 0 Å². The Bertz CT molecular complexity index is 4100. The molecule has 0 radical (unpaired) electrons. The van der Waals surface area contributed by atoms with Crippen molar-refractivity contribution in [1.29, 1.82) is 0 Å². The summed E-state index contributed by atoms with van der Waals surface area (Å²) in [4.78, 5) is 74.3. The molecule has 6 N–H and O–H groups in total. The largest absolute Gasteiger partial charge is 0.514 e. The number of nitrogens with zero attached hydrogens (tertiary/aromatic N) is 4. The summed E-state index contributed by atoms with van der Waals surface area (Å²) in [6.07, 6.45) is -4.91. The Hall–Kier alpha value is -10.1. The van der Waals surface area contributed by atoms with Gasteiger partial charge in [-0.25, -0.2) is 31.2 Å². The maximum atomic E-state index is 14.1. The van der Waals surface area contributed by atoms with Crippen molar-refractivity contribution in [3.63, 3.8) is 0 Å². The van der Waals surface area contributed by atoms with E-state index < -0.39 is 103 Å². The van der Waals surface area contributed by atoms with Crippen LogP contribution in [-0.2, 0) is 79.1 Å². The SMILES string of the molecule is CC(C)CN(C[C@@H](OC(=O)Oc1ccc([N+](=O)[O-])cc1)[C@H](Cc1ccccc1)NC(=O)O[C@H]1CCOC1)S(=O)(=O)c1ccc([N+](=O)[O-])cc1.CC(C)CN(C[C@@H](OC(=O)[C@@H](N)Cc1ccc(OCc2ccccc2)cc1)[C@H](Cc1ccccc1)NC(=O)O[C@H]1CCOC1)S(=O)(=O)c1ccc(N)cc1. The molecule has 2 amide bonds. The van der Waals surface area contributed by atoms with Gasteiger partial charge < -0.3 is 60.0 Å². The van der Waals surface area contributed by atoms with Crippen LogP contribution in [0.2, 0.25) is 0 Å². The van der Waals surface area contributed by atoms with Crippen LogP contribution in [0.4, 0.5) is 31.4 Å². The summed E-state index contributed by atoms with van der Waals surface area (Å²) in [5.74, 6) is -0.498. The van der Waals surface area contributed by atoms with Gasteiger partial charge in [-0.1, -0.05) is 131 Å². The van der Waals surface area contributed by atoms with Crippen LogP contribution in [0, 0.1) is 32.1 Å². The van der Waals surface area contributed by atoms with Gasteiger partial charge in [0.05, 0.1) is 71.2 Å². The van der Waals surface area contributed by atoms with Crippen molar-refractivity contribution >= 4 is 61.4 Å². The highest BCUT2D eigenvalue weighted by atomic mass is 32.2. The summed E-state index contributed by atoms with van der Waals surface area (Å²) < 4.78 is 103. The van der Waals surface area contributed by atoms with Crippen LogP contribution in [0.1, 0.15) is 62.8 Å². The number of amides is 2. The molecule has 0 saturated carbocycles. The van der Waals surface area contributed by atoms with E-state index in [1.165, 1.54) is 40.7 Å². The number of nitro groups is 2. The zero-order valence-corrected chi connectivity index (χ0v) is 59.1. The molecular weight excluding hydrogens is 1370 g/mol. The Morgan fingerprint density at radius 1 is 0.524 bits per heavy atom. The number of hydrogen-bond acceptors (Lipinski definition) is 22. The summed E-state index contributed by atoms with van der Waals surface area (Å²) in [5.41, 5.74) is 15.5. The standard InChI is InChI=1S/C41H50N4O8S.C32H36N4O12S/c1-29(2)25-45(54(48,49)36-19-15-33(42)16-20-36)26-39(38(24-30-9-5-3-6-10-30)44-41(47)52-35-21-22-50-28-35)53-40(46)37(43)23-31-13-17-34(18-14-31)51-27-32-11-7-4-8-12-32;1-22(2)19-34(49(43,44)28-14-10-25(11-15-28)36(41)42)20-30(48-32(38)47-26-12-8-24(9-13-26)35(39)40)29(18-23-6-4-3-5-7-23)33-31(37)46-27-16-17-45-21-27/h3-20,29,35,37-39H,21-28,42-43H2,1-2H3,(H,44,47);3-15,22,27,29-30H,16-21H2,1-2H3,(H,33,37)/t35-,37-,38-,39+;27-,29-,30+/m00/s1. The summed E-state index contributed by atoms with van der Waals surface area (Å²) in [6.45, 7) is 8.40. The Morgan fingerprint density at radius 2 is 0.922 bits per heavy atom. The number of nitro benzene ring substituents is 2. The number of carbonyl (C=O) groups is 4. The number of rotatable bonds is 33. The van der Waals surface area contributed by atoms with Gasteiger partial charge in [0, 0.05) is 55.9 Å². The number of nitrogens with two attached hydrogens (primary N) is 2. The number of alkyl carbamates (subject to hydrolysis) is 2. The molecular formula is C73H86N8O20S2. The first-order valence-electron chi connectivity index (χ1n) is 33.4. The second-order valence-electron chi connectivity index (χ2n) is 25.4. The number of ether oxygens (including phenoxy) is 8. The first-order valence-corrected chi connectivity index (χ1v) is 36.3. The highest BCUT2D eigenvalue weighted by Gasteiger charge is 2.39. The van der Waals surface area contributed by atoms with E-state index in [1.807, 2.05) is 98.8 Å². The third kappa shape index (κ3) is 24.9. The van der Waals surface area contributed by atoms with Gasteiger partial charge in [-0.05, 0) is 114 Å². The van der Waals surface area contributed by atoms with Gasteiger partial charge in [-0.2, -0.15) is 8.61 Å².